The first-order valence-corrected chi connectivity index (χ1v) is 16.6. The topological polar surface area (TPSA) is 65.2 Å². The van der Waals surface area contributed by atoms with Crippen molar-refractivity contribution >= 4 is 26.0 Å². The molecule has 1 fully saturated rings. The first-order valence-electron chi connectivity index (χ1n) is 13.7. The number of rotatable bonds is 6. The lowest BCUT2D eigenvalue weighted by molar-refractivity contribution is -0.124. The van der Waals surface area contributed by atoms with E-state index in [0.29, 0.717) is 6.61 Å². The van der Waals surface area contributed by atoms with Crippen molar-refractivity contribution in [3.05, 3.63) is 65.5 Å². The van der Waals surface area contributed by atoms with E-state index in [1.807, 2.05) is 31.2 Å². The molecule has 0 spiro atoms. The summed E-state index contributed by atoms with van der Waals surface area (Å²) in [6, 6.07) is 6.44. The molecule has 0 unspecified atom stereocenters. The Kier molecular flexibility index (Phi) is 6.95. The lowest BCUT2D eigenvalue weighted by Gasteiger charge is -2.47. The van der Waals surface area contributed by atoms with Crippen molar-refractivity contribution in [2.75, 3.05) is 18.6 Å². The number of carbonyl (C=O) groups is 1. The molecule has 1 aromatic carbocycles. The van der Waals surface area contributed by atoms with Crippen LogP contribution in [0.4, 0.5) is 10.1 Å². The molecule has 7 nitrogen and oxygen atoms in total. The Morgan fingerprint density at radius 1 is 1.21 bits per heavy atom. The number of anilines is 1. The minimum atomic E-state index is -2.03. The second-order valence-corrected chi connectivity index (χ2v) is 17.6. The third kappa shape index (κ3) is 5.14. The summed E-state index contributed by atoms with van der Waals surface area (Å²) in [5.41, 5.74) is 4.87. The van der Waals surface area contributed by atoms with Gasteiger partial charge in [0, 0.05) is 38.2 Å². The molecule has 2 aliphatic carbocycles. The number of carbonyl (C=O) groups excluding carboxylic acids is 1. The summed E-state index contributed by atoms with van der Waals surface area (Å²) in [7, 11) is 1.68. The van der Waals surface area contributed by atoms with Crippen LogP contribution in [0.5, 0.6) is 0 Å². The van der Waals surface area contributed by atoms with Gasteiger partial charge in [-0.15, -0.1) is 0 Å². The standard InChI is InChI=1S/C30H40FN5O2Si/c1-29(2,3)39(6,7)38-20-30-15-21(28(37)35(5)26-18-32-34(4)19-26)8-9-23(30)14-27-22(16-30)17-33-36(27)25-12-10-24(31)11-13-25/h10-14,17-19,21H,8-9,15-16,20H2,1-7H3/t21-,30-/m0/s1. The summed E-state index contributed by atoms with van der Waals surface area (Å²) in [4.78, 5) is 15.5. The Morgan fingerprint density at radius 3 is 2.56 bits per heavy atom. The number of aromatic nitrogens is 4. The summed E-state index contributed by atoms with van der Waals surface area (Å²) in [5.74, 6) is -0.246. The van der Waals surface area contributed by atoms with E-state index in [2.05, 4.69) is 45.0 Å². The lowest BCUT2D eigenvalue weighted by Crippen LogP contribution is -2.48. The lowest BCUT2D eigenvalue weighted by atomic mass is 9.61. The quantitative estimate of drug-likeness (QED) is 0.346. The normalized spacial score (nSPS) is 21.2. The SMILES string of the molecule is CN(C(=O)[C@H]1CCC2=Cc3c(cnn3-c3ccc(F)cc3)C[C@]2(CO[Si](C)(C)C(C)(C)C)C1)c1cnn(C)c1. The highest BCUT2D eigenvalue weighted by atomic mass is 28.4. The van der Waals surface area contributed by atoms with E-state index in [1.54, 1.807) is 27.9 Å². The molecular formula is C30H40FN5O2Si. The van der Waals surface area contributed by atoms with Crippen LogP contribution in [0.3, 0.4) is 0 Å². The zero-order valence-electron chi connectivity index (χ0n) is 24.2. The van der Waals surface area contributed by atoms with Crippen LogP contribution in [0.25, 0.3) is 11.8 Å². The second kappa shape index (κ2) is 9.85. The molecule has 2 aliphatic rings. The minimum Gasteiger partial charge on any atom is -0.416 e. The Hall–Kier alpha value is -3.04. The van der Waals surface area contributed by atoms with Gasteiger partial charge in [-0.3, -0.25) is 9.48 Å². The van der Waals surface area contributed by atoms with Crippen molar-refractivity contribution < 1.29 is 13.6 Å². The molecule has 5 rings (SSSR count). The van der Waals surface area contributed by atoms with Crippen molar-refractivity contribution in [2.24, 2.45) is 18.4 Å². The molecule has 0 bridgehead atoms. The summed E-state index contributed by atoms with van der Waals surface area (Å²) in [6.07, 6.45) is 10.9. The first-order chi connectivity index (χ1) is 18.3. The van der Waals surface area contributed by atoms with Gasteiger partial charge in [-0.1, -0.05) is 26.3 Å². The molecule has 1 saturated carbocycles. The van der Waals surface area contributed by atoms with E-state index in [1.165, 1.54) is 17.7 Å². The van der Waals surface area contributed by atoms with Crippen LogP contribution in [0.15, 0.2) is 48.4 Å². The van der Waals surface area contributed by atoms with Gasteiger partial charge in [0.05, 0.1) is 29.5 Å². The predicted molar refractivity (Wildman–Crippen MR) is 155 cm³/mol. The molecule has 208 valence electrons. The zero-order chi connectivity index (χ0) is 28.2. The molecule has 2 atom stereocenters. The molecule has 0 saturated heterocycles. The fourth-order valence-electron chi connectivity index (χ4n) is 5.64. The number of hydrogen-bond acceptors (Lipinski definition) is 4. The minimum absolute atomic E-state index is 0.0885. The van der Waals surface area contributed by atoms with Crippen molar-refractivity contribution in [2.45, 2.75) is 64.6 Å². The van der Waals surface area contributed by atoms with Gasteiger partial charge in [0.1, 0.15) is 5.82 Å². The predicted octanol–water partition coefficient (Wildman–Crippen LogP) is 6.16. The van der Waals surface area contributed by atoms with E-state index in [4.69, 9.17) is 9.52 Å². The average Bonchev–Trinajstić information content (AvgIpc) is 3.50. The monoisotopic (exact) mass is 549 g/mol. The molecule has 0 radical (unpaired) electrons. The maximum absolute atomic E-state index is 13.7. The number of benzene rings is 1. The fourth-order valence-corrected chi connectivity index (χ4v) is 6.71. The van der Waals surface area contributed by atoms with Crippen molar-refractivity contribution in [1.29, 1.82) is 0 Å². The van der Waals surface area contributed by atoms with Crippen LogP contribution in [0, 0.1) is 17.2 Å². The van der Waals surface area contributed by atoms with Gasteiger partial charge in [0.2, 0.25) is 5.91 Å². The van der Waals surface area contributed by atoms with Crippen LogP contribution in [0.2, 0.25) is 18.1 Å². The number of aryl methyl sites for hydroxylation is 1. The van der Waals surface area contributed by atoms with Crippen molar-refractivity contribution in [1.82, 2.24) is 19.6 Å². The van der Waals surface area contributed by atoms with Crippen LogP contribution in [-0.2, 0) is 22.7 Å². The smallest absolute Gasteiger partial charge is 0.229 e. The summed E-state index contributed by atoms with van der Waals surface area (Å²) in [5, 5.41) is 9.03. The molecule has 2 heterocycles. The van der Waals surface area contributed by atoms with E-state index in [0.717, 1.165) is 48.3 Å². The molecule has 1 amide bonds. The molecule has 3 aromatic rings. The maximum atomic E-state index is 13.7. The van der Waals surface area contributed by atoms with Crippen LogP contribution < -0.4 is 4.90 Å². The van der Waals surface area contributed by atoms with Gasteiger partial charge in [0.25, 0.3) is 0 Å². The summed E-state index contributed by atoms with van der Waals surface area (Å²) in [6.45, 7) is 11.9. The summed E-state index contributed by atoms with van der Waals surface area (Å²) < 4.78 is 24.1. The van der Waals surface area contributed by atoms with Crippen LogP contribution in [-0.4, -0.2) is 47.4 Å². The zero-order valence-corrected chi connectivity index (χ0v) is 25.2. The Labute approximate surface area is 231 Å². The maximum Gasteiger partial charge on any atom is 0.229 e. The first kappa shape index (κ1) is 27.5. The van der Waals surface area contributed by atoms with E-state index < -0.39 is 8.32 Å². The van der Waals surface area contributed by atoms with Gasteiger partial charge >= 0.3 is 0 Å². The van der Waals surface area contributed by atoms with Gasteiger partial charge < -0.3 is 9.33 Å². The van der Waals surface area contributed by atoms with Gasteiger partial charge in [0.15, 0.2) is 8.32 Å². The molecule has 2 aromatic heterocycles. The fraction of sp³-hybridized carbons (Fsp3) is 0.500. The number of fused-ring (bicyclic) bond motifs is 2. The average molecular weight is 550 g/mol. The van der Waals surface area contributed by atoms with Crippen molar-refractivity contribution in [3.8, 4) is 5.69 Å². The highest BCUT2D eigenvalue weighted by Gasteiger charge is 2.48. The van der Waals surface area contributed by atoms with E-state index >= 15 is 0 Å². The number of amides is 1. The third-order valence-electron chi connectivity index (χ3n) is 9.15. The molecule has 0 N–H and O–H groups in total. The number of hydrogen-bond donors (Lipinski definition) is 0. The highest BCUT2D eigenvalue weighted by molar-refractivity contribution is 6.74. The second-order valence-electron chi connectivity index (χ2n) is 12.8. The Bertz CT molecular complexity index is 1400. The van der Waals surface area contributed by atoms with E-state index in [9.17, 15) is 9.18 Å². The van der Waals surface area contributed by atoms with Gasteiger partial charge in [-0.25, -0.2) is 9.07 Å². The van der Waals surface area contributed by atoms with Crippen LogP contribution in [0.1, 0.15) is 51.3 Å². The molecular weight excluding hydrogens is 509 g/mol. The number of halogens is 1. The van der Waals surface area contributed by atoms with Gasteiger partial charge in [-0.05, 0) is 79.7 Å². The molecule has 0 aliphatic heterocycles. The van der Waals surface area contributed by atoms with Crippen LogP contribution >= 0.6 is 0 Å². The molecule has 39 heavy (non-hydrogen) atoms. The van der Waals surface area contributed by atoms with E-state index in [-0.39, 0.29) is 28.1 Å². The Morgan fingerprint density at radius 2 is 1.92 bits per heavy atom. The van der Waals surface area contributed by atoms with Gasteiger partial charge in [-0.2, -0.15) is 10.2 Å². The van der Waals surface area contributed by atoms with Crippen molar-refractivity contribution in [3.63, 3.8) is 0 Å². The number of nitrogens with zero attached hydrogens (tertiary/aromatic N) is 5. The Balaban J connectivity index is 1.48. The largest absolute Gasteiger partial charge is 0.416 e. The third-order valence-corrected chi connectivity index (χ3v) is 13.6. The molecule has 9 heteroatoms. The highest BCUT2D eigenvalue weighted by Crippen LogP contribution is 2.51. The summed E-state index contributed by atoms with van der Waals surface area (Å²) >= 11 is 0.